The molecule has 1 aromatic heterocycles. The Hall–Kier alpha value is -2.72. The van der Waals surface area contributed by atoms with Crippen molar-refractivity contribution in [3.63, 3.8) is 0 Å². The summed E-state index contributed by atoms with van der Waals surface area (Å²) in [4.78, 5) is 25.8. The molecule has 4 heteroatoms. The maximum Gasteiger partial charge on any atom is 0.258 e. The monoisotopic (exact) mass is 305 g/mol. The van der Waals surface area contributed by atoms with Crippen molar-refractivity contribution in [3.8, 4) is 11.3 Å². The second kappa shape index (κ2) is 5.18. The van der Waals surface area contributed by atoms with Crippen LogP contribution in [0, 0.1) is 0 Å². The van der Waals surface area contributed by atoms with E-state index in [1.54, 1.807) is 22.8 Å². The van der Waals surface area contributed by atoms with Crippen molar-refractivity contribution in [1.82, 2.24) is 4.57 Å². The first kappa shape index (κ1) is 13.9. The van der Waals surface area contributed by atoms with Crippen molar-refractivity contribution in [2.45, 2.75) is 13.0 Å². The van der Waals surface area contributed by atoms with E-state index in [4.69, 9.17) is 5.11 Å². The molecule has 1 heterocycles. The van der Waals surface area contributed by atoms with Crippen molar-refractivity contribution in [3.05, 3.63) is 70.0 Å². The van der Waals surface area contributed by atoms with E-state index in [0.29, 0.717) is 40.6 Å². The minimum Gasteiger partial charge on any atom is -0.396 e. The molecule has 0 bridgehead atoms. The summed E-state index contributed by atoms with van der Waals surface area (Å²) >= 11 is 0. The van der Waals surface area contributed by atoms with Crippen LogP contribution in [0.15, 0.2) is 53.3 Å². The van der Waals surface area contributed by atoms with E-state index in [2.05, 4.69) is 0 Å². The van der Waals surface area contributed by atoms with Gasteiger partial charge in [0.1, 0.15) is 0 Å². The van der Waals surface area contributed by atoms with Crippen LogP contribution >= 0.6 is 0 Å². The highest BCUT2D eigenvalue weighted by molar-refractivity contribution is 6.26. The molecule has 1 aliphatic rings. The Morgan fingerprint density at radius 3 is 2.26 bits per heavy atom. The van der Waals surface area contributed by atoms with Crippen LogP contribution in [0.3, 0.4) is 0 Å². The van der Waals surface area contributed by atoms with E-state index >= 15 is 0 Å². The molecule has 1 aliphatic carbocycles. The summed E-state index contributed by atoms with van der Waals surface area (Å²) in [6.07, 6.45) is 0.473. The van der Waals surface area contributed by atoms with Crippen LogP contribution in [0.4, 0.5) is 0 Å². The van der Waals surface area contributed by atoms with Gasteiger partial charge >= 0.3 is 0 Å². The molecule has 23 heavy (non-hydrogen) atoms. The number of nitrogens with zero attached hydrogens (tertiary/aromatic N) is 1. The molecule has 4 rings (SSSR count). The van der Waals surface area contributed by atoms with Gasteiger partial charge in [-0.05, 0) is 12.5 Å². The molecule has 3 aromatic rings. The minimum absolute atomic E-state index is 0.00360. The second-order valence-corrected chi connectivity index (χ2v) is 5.68. The lowest BCUT2D eigenvalue weighted by atomic mass is 10.0. The first-order chi connectivity index (χ1) is 11.2. The number of rotatable bonds is 3. The Labute approximate surface area is 132 Å². The first-order valence-corrected chi connectivity index (χ1v) is 7.64. The molecule has 0 saturated carbocycles. The van der Waals surface area contributed by atoms with Crippen LogP contribution < -0.4 is 5.56 Å². The number of aliphatic hydroxyl groups is 1. The van der Waals surface area contributed by atoms with Gasteiger partial charge in [0.15, 0.2) is 5.78 Å². The van der Waals surface area contributed by atoms with E-state index in [0.717, 1.165) is 5.56 Å². The third-order valence-corrected chi connectivity index (χ3v) is 4.37. The van der Waals surface area contributed by atoms with Crippen molar-refractivity contribution >= 4 is 16.6 Å². The Balaban J connectivity index is 2.16. The molecule has 0 fully saturated rings. The molecule has 2 aromatic carbocycles. The van der Waals surface area contributed by atoms with Crippen LogP contribution in [0.25, 0.3) is 22.0 Å². The van der Waals surface area contributed by atoms with Gasteiger partial charge in [0.2, 0.25) is 0 Å². The maximum absolute atomic E-state index is 12.9. The number of aromatic nitrogens is 1. The van der Waals surface area contributed by atoms with Crippen molar-refractivity contribution in [2.75, 3.05) is 6.61 Å². The van der Waals surface area contributed by atoms with Crippen LogP contribution in [0.1, 0.15) is 22.3 Å². The molecule has 1 N–H and O–H groups in total. The Kier molecular flexibility index (Phi) is 3.13. The van der Waals surface area contributed by atoms with Gasteiger partial charge in [-0.2, -0.15) is 0 Å². The number of fused-ring (bicyclic) bond motifs is 5. The molecule has 0 spiro atoms. The molecule has 0 radical (unpaired) electrons. The lowest BCUT2D eigenvalue weighted by molar-refractivity contribution is 0.104. The summed E-state index contributed by atoms with van der Waals surface area (Å²) < 4.78 is 1.64. The number of carbonyl (C=O) groups is 1. The number of aliphatic hydroxyl groups excluding tert-OH is 1. The van der Waals surface area contributed by atoms with Gasteiger partial charge in [0.25, 0.3) is 5.56 Å². The van der Waals surface area contributed by atoms with Gasteiger partial charge in [-0.25, -0.2) is 0 Å². The molecule has 4 nitrogen and oxygen atoms in total. The third kappa shape index (κ3) is 1.88. The molecular weight excluding hydrogens is 290 g/mol. The molecule has 0 saturated heterocycles. The van der Waals surface area contributed by atoms with Gasteiger partial charge in [0.05, 0.1) is 11.3 Å². The fourth-order valence-electron chi connectivity index (χ4n) is 3.37. The van der Waals surface area contributed by atoms with Gasteiger partial charge in [0, 0.05) is 35.1 Å². The van der Waals surface area contributed by atoms with Gasteiger partial charge in [-0.1, -0.05) is 42.5 Å². The Bertz CT molecular complexity index is 1000. The van der Waals surface area contributed by atoms with Crippen LogP contribution in [0.5, 0.6) is 0 Å². The average molecular weight is 305 g/mol. The quantitative estimate of drug-likeness (QED) is 0.633. The smallest absolute Gasteiger partial charge is 0.258 e. The highest BCUT2D eigenvalue weighted by atomic mass is 16.3. The number of ketones is 1. The standard InChI is InChI=1S/C19H15NO3/c21-11-5-10-20-17-13-7-2-3-8-14(13)18(22)16(17)12-6-1-4-9-15(12)19(20)23/h1-4,6-9,21H,5,10-11H2. The predicted octanol–water partition coefficient (Wildman–Crippen LogP) is 2.60. The summed E-state index contributed by atoms with van der Waals surface area (Å²) in [6.45, 7) is 0.397. The summed E-state index contributed by atoms with van der Waals surface area (Å²) in [6, 6.07) is 14.6. The number of carbonyl (C=O) groups excluding carboxylic acids is 1. The topological polar surface area (TPSA) is 59.3 Å². The lowest BCUT2D eigenvalue weighted by Crippen LogP contribution is -2.23. The molecule has 0 unspecified atom stereocenters. The normalized spacial score (nSPS) is 12.5. The van der Waals surface area contributed by atoms with Crippen LogP contribution in [0.2, 0.25) is 0 Å². The molecular formula is C19H15NO3. The van der Waals surface area contributed by atoms with Gasteiger partial charge in [-0.15, -0.1) is 0 Å². The number of hydrogen-bond donors (Lipinski definition) is 1. The van der Waals surface area contributed by atoms with Crippen LogP contribution in [-0.4, -0.2) is 22.1 Å². The predicted molar refractivity (Wildman–Crippen MR) is 88.8 cm³/mol. The summed E-state index contributed by atoms with van der Waals surface area (Å²) in [7, 11) is 0. The average Bonchev–Trinajstić information content (AvgIpc) is 2.89. The lowest BCUT2D eigenvalue weighted by Gasteiger charge is -2.14. The third-order valence-electron chi connectivity index (χ3n) is 4.37. The molecule has 0 amide bonds. The molecule has 114 valence electrons. The SMILES string of the molecule is O=C1c2ccccc2-c2c1c1ccccc1c(=O)n2CCCO. The zero-order valence-electron chi connectivity index (χ0n) is 12.5. The van der Waals surface area contributed by atoms with Crippen molar-refractivity contribution < 1.29 is 9.90 Å². The second-order valence-electron chi connectivity index (χ2n) is 5.68. The summed E-state index contributed by atoms with van der Waals surface area (Å²) in [5.74, 6) is -0.0375. The van der Waals surface area contributed by atoms with Crippen molar-refractivity contribution in [1.29, 1.82) is 0 Å². The van der Waals surface area contributed by atoms with Gasteiger partial charge < -0.3 is 9.67 Å². The van der Waals surface area contributed by atoms with Crippen molar-refractivity contribution in [2.24, 2.45) is 0 Å². The van der Waals surface area contributed by atoms with E-state index in [1.165, 1.54) is 0 Å². The Morgan fingerprint density at radius 1 is 0.870 bits per heavy atom. The highest BCUT2D eigenvalue weighted by Crippen LogP contribution is 2.39. The van der Waals surface area contributed by atoms with E-state index in [1.807, 2.05) is 30.3 Å². The fraction of sp³-hybridized carbons (Fsp3) is 0.158. The number of hydrogen-bond acceptors (Lipinski definition) is 3. The van der Waals surface area contributed by atoms with E-state index in [9.17, 15) is 9.59 Å². The largest absolute Gasteiger partial charge is 0.396 e. The number of pyridine rings is 1. The molecule has 0 atom stereocenters. The van der Waals surface area contributed by atoms with E-state index < -0.39 is 0 Å². The zero-order valence-corrected chi connectivity index (χ0v) is 12.5. The van der Waals surface area contributed by atoms with Crippen LogP contribution in [-0.2, 0) is 6.54 Å². The molecule has 0 aliphatic heterocycles. The number of benzene rings is 2. The maximum atomic E-state index is 12.9. The van der Waals surface area contributed by atoms with E-state index in [-0.39, 0.29) is 17.9 Å². The summed E-state index contributed by atoms with van der Waals surface area (Å²) in [5, 5.41) is 10.4. The Morgan fingerprint density at radius 2 is 1.52 bits per heavy atom. The summed E-state index contributed by atoms with van der Waals surface area (Å²) in [5.41, 5.74) is 2.60. The fourth-order valence-corrected chi connectivity index (χ4v) is 3.37. The zero-order chi connectivity index (χ0) is 16.0. The highest BCUT2D eigenvalue weighted by Gasteiger charge is 2.31. The minimum atomic E-state index is -0.114. The van der Waals surface area contributed by atoms with Gasteiger partial charge in [-0.3, -0.25) is 9.59 Å². The first-order valence-electron chi connectivity index (χ1n) is 7.64.